The molecule has 0 aliphatic carbocycles. The summed E-state index contributed by atoms with van der Waals surface area (Å²) in [5.74, 6) is 0.0589. The van der Waals surface area contributed by atoms with Crippen LogP contribution >= 0.6 is 11.8 Å². The van der Waals surface area contributed by atoms with Gasteiger partial charge in [0.1, 0.15) is 0 Å². The second-order valence-corrected chi connectivity index (χ2v) is 7.89. The van der Waals surface area contributed by atoms with Crippen molar-refractivity contribution in [3.8, 4) is 5.69 Å². The summed E-state index contributed by atoms with van der Waals surface area (Å²) in [6.45, 7) is 4.74. The number of anilines is 1. The van der Waals surface area contributed by atoms with Gasteiger partial charge in [0.2, 0.25) is 5.91 Å². The molecule has 0 atom stereocenters. The summed E-state index contributed by atoms with van der Waals surface area (Å²) in [6, 6.07) is 15.1. The maximum Gasteiger partial charge on any atom is 0.251 e. The fourth-order valence-electron chi connectivity index (χ4n) is 2.92. The summed E-state index contributed by atoms with van der Waals surface area (Å²) in [5.41, 5.74) is 3.31. The number of aromatic nitrogens is 2. The first-order valence-electron chi connectivity index (χ1n) is 9.98. The molecule has 0 saturated carbocycles. The third kappa shape index (κ3) is 5.97. The van der Waals surface area contributed by atoms with Crippen LogP contribution < -0.4 is 10.6 Å². The second kappa shape index (κ2) is 10.6. The minimum Gasteiger partial charge on any atom is -0.352 e. The molecule has 0 spiro atoms. The van der Waals surface area contributed by atoms with E-state index in [-0.39, 0.29) is 17.6 Å². The van der Waals surface area contributed by atoms with Crippen LogP contribution in [0.2, 0.25) is 0 Å². The monoisotopic (exact) mass is 422 g/mol. The number of carbonyl (C=O) groups excluding carboxylic acids is 2. The number of hydrogen-bond acceptors (Lipinski definition) is 4. The molecule has 7 heteroatoms. The quantitative estimate of drug-likeness (QED) is 0.395. The summed E-state index contributed by atoms with van der Waals surface area (Å²) >= 11 is 1.35. The number of nitrogens with zero attached hydrogens (tertiary/aromatic N) is 2. The Morgan fingerprint density at radius 1 is 1.13 bits per heavy atom. The fourth-order valence-corrected chi connectivity index (χ4v) is 3.69. The van der Waals surface area contributed by atoms with Gasteiger partial charge < -0.3 is 10.6 Å². The molecule has 1 aromatic heterocycles. The van der Waals surface area contributed by atoms with Crippen molar-refractivity contribution in [3.05, 3.63) is 72.1 Å². The maximum absolute atomic E-state index is 12.3. The van der Waals surface area contributed by atoms with Gasteiger partial charge >= 0.3 is 0 Å². The number of hydrogen-bond donors (Lipinski definition) is 2. The van der Waals surface area contributed by atoms with Crippen LogP contribution in [0.5, 0.6) is 0 Å². The van der Waals surface area contributed by atoms with Crippen molar-refractivity contribution in [2.45, 2.75) is 31.8 Å². The fraction of sp³-hybridized carbons (Fsp3) is 0.261. The zero-order valence-corrected chi connectivity index (χ0v) is 18.0. The number of unbranched alkanes of at least 4 members (excludes halogenated alkanes) is 1. The van der Waals surface area contributed by atoms with E-state index in [0.29, 0.717) is 17.3 Å². The lowest BCUT2D eigenvalue weighted by Gasteiger charge is -2.10. The van der Waals surface area contributed by atoms with E-state index in [0.717, 1.165) is 29.8 Å². The summed E-state index contributed by atoms with van der Waals surface area (Å²) in [6.07, 6.45) is 5.51. The van der Waals surface area contributed by atoms with Crippen LogP contribution in [0.1, 0.15) is 35.7 Å². The van der Waals surface area contributed by atoms with Crippen LogP contribution in [-0.4, -0.2) is 33.7 Å². The normalized spacial score (nSPS) is 10.6. The van der Waals surface area contributed by atoms with E-state index < -0.39 is 0 Å². The molecule has 0 saturated heterocycles. The number of amides is 2. The summed E-state index contributed by atoms with van der Waals surface area (Å²) < 4.78 is 1.88. The van der Waals surface area contributed by atoms with Crippen LogP contribution in [0, 0.1) is 6.92 Å². The molecule has 0 bridgehead atoms. The highest BCUT2D eigenvalue weighted by Gasteiger charge is 2.12. The third-order valence-corrected chi connectivity index (χ3v) is 5.41. The predicted molar refractivity (Wildman–Crippen MR) is 121 cm³/mol. The molecule has 0 aliphatic rings. The molecule has 1 heterocycles. The molecule has 156 valence electrons. The molecule has 0 unspecified atom stereocenters. The van der Waals surface area contributed by atoms with Gasteiger partial charge in [-0.3, -0.25) is 14.2 Å². The van der Waals surface area contributed by atoms with Gasteiger partial charge in [-0.2, -0.15) is 0 Å². The highest BCUT2D eigenvalue weighted by atomic mass is 32.2. The lowest BCUT2D eigenvalue weighted by Crippen LogP contribution is -2.24. The molecule has 0 fully saturated rings. The van der Waals surface area contributed by atoms with E-state index in [2.05, 4.69) is 22.5 Å². The Morgan fingerprint density at radius 2 is 1.97 bits per heavy atom. The third-order valence-electron chi connectivity index (χ3n) is 4.44. The van der Waals surface area contributed by atoms with Gasteiger partial charge in [-0.15, -0.1) is 0 Å². The van der Waals surface area contributed by atoms with Gasteiger partial charge in [0.15, 0.2) is 5.16 Å². The van der Waals surface area contributed by atoms with Crippen molar-refractivity contribution in [2.24, 2.45) is 0 Å². The Labute approximate surface area is 181 Å². The SMILES string of the molecule is CCCCNC(=O)c1cccc(-n2ccnc2SCC(=O)Nc2cccc(C)c2)c1. The Hall–Kier alpha value is -3.06. The largest absolute Gasteiger partial charge is 0.352 e. The first kappa shape index (κ1) is 21.6. The molecule has 30 heavy (non-hydrogen) atoms. The van der Waals surface area contributed by atoms with Crippen molar-refractivity contribution < 1.29 is 9.59 Å². The molecular weight excluding hydrogens is 396 g/mol. The molecule has 6 nitrogen and oxygen atoms in total. The average Bonchev–Trinajstić information content (AvgIpc) is 3.21. The lowest BCUT2D eigenvalue weighted by atomic mass is 10.2. The zero-order valence-electron chi connectivity index (χ0n) is 17.2. The van der Waals surface area contributed by atoms with E-state index in [1.54, 1.807) is 12.3 Å². The molecule has 0 aliphatic heterocycles. The second-order valence-electron chi connectivity index (χ2n) is 6.95. The molecule has 3 rings (SSSR count). The van der Waals surface area contributed by atoms with Crippen LogP contribution in [0.15, 0.2) is 66.1 Å². The van der Waals surface area contributed by atoms with Crippen LogP contribution in [-0.2, 0) is 4.79 Å². The van der Waals surface area contributed by atoms with Crippen LogP contribution in [0.4, 0.5) is 5.69 Å². The van der Waals surface area contributed by atoms with Crippen molar-refractivity contribution in [2.75, 3.05) is 17.6 Å². The molecule has 2 aromatic carbocycles. The number of imidazole rings is 1. The molecule has 2 amide bonds. The Morgan fingerprint density at radius 3 is 2.77 bits per heavy atom. The van der Waals surface area contributed by atoms with Crippen LogP contribution in [0.25, 0.3) is 5.69 Å². The molecule has 0 radical (unpaired) electrons. The highest BCUT2D eigenvalue weighted by Crippen LogP contribution is 2.21. The van der Waals surface area contributed by atoms with Crippen molar-refractivity contribution in [3.63, 3.8) is 0 Å². The van der Waals surface area contributed by atoms with E-state index in [1.165, 1.54) is 11.8 Å². The highest BCUT2D eigenvalue weighted by molar-refractivity contribution is 7.99. The molecule has 2 N–H and O–H groups in total. The topological polar surface area (TPSA) is 76.0 Å². The van der Waals surface area contributed by atoms with E-state index >= 15 is 0 Å². The van der Waals surface area contributed by atoms with E-state index in [9.17, 15) is 9.59 Å². The van der Waals surface area contributed by atoms with Crippen molar-refractivity contribution in [1.82, 2.24) is 14.9 Å². The predicted octanol–water partition coefficient (Wildman–Crippen LogP) is 4.44. The maximum atomic E-state index is 12.3. The van der Waals surface area contributed by atoms with Crippen molar-refractivity contribution >= 4 is 29.3 Å². The number of carbonyl (C=O) groups is 2. The standard InChI is InChI=1S/C23H26N4O2S/c1-3-4-11-24-22(29)18-8-6-10-20(15-18)27-13-12-25-23(27)30-16-21(28)26-19-9-5-7-17(2)14-19/h5-10,12-15H,3-4,11,16H2,1-2H3,(H,24,29)(H,26,28). The number of rotatable bonds is 9. The van der Waals surface area contributed by atoms with Gasteiger partial charge in [0, 0.05) is 35.9 Å². The Balaban J connectivity index is 1.64. The van der Waals surface area contributed by atoms with Gasteiger partial charge in [0.25, 0.3) is 5.91 Å². The van der Waals surface area contributed by atoms with Gasteiger partial charge in [-0.25, -0.2) is 4.98 Å². The first-order valence-corrected chi connectivity index (χ1v) is 11.0. The lowest BCUT2D eigenvalue weighted by molar-refractivity contribution is -0.113. The van der Waals surface area contributed by atoms with Gasteiger partial charge in [-0.05, 0) is 49.2 Å². The van der Waals surface area contributed by atoms with E-state index in [1.807, 2.05) is 60.2 Å². The zero-order chi connectivity index (χ0) is 21.3. The summed E-state index contributed by atoms with van der Waals surface area (Å²) in [5, 5.41) is 6.53. The summed E-state index contributed by atoms with van der Waals surface area (Å²) in [4.78, 5) is 29.0. The van der Waals surface area contributed by atoms with E-state index in [4.69, 9.17) is 0 Å². The minimum absolute atomic E-state index is 0.0860. The number of thioether (sulfide) groups is 1. The van der Waals surface area contributed by atoms with Gasteiger partial charge in [-0.1, -0.05) is 43.3 Å². The smallest absolute Gasteiger partial charge is 0.251 e. The first-order chi connectivity index (χ1) is 14.6. The number of nitrogens with one attached hydrogen (secondary N) is 2. The molecule has 3 aromatic rings. The number of aryl methyl sites for hydroxylation is 1. The summed E-state index contributed by atoms with van der Waals surface area (Å²) in [7, 11) is 0. The van der Waals surface area contributed by atoms with Crippen molar-refractivity contribution in [1.29, 1.82) is 0 Å². The number of benzene rings is 2. The Kier molecular flexibility index (Phi) is 7.68. The minimum atomic E-state index is -0.0933. The molecular formula is C23H26N4O2S. The Bertz CT molecular complexity index is 1020. The van der Waals surface area contributed by atoms with Crippen LogP contribution in [0.3, 0.4) is 0 Å². The average molecular weight is 423 g/mol. The van der Waals surface area contributed by atoms with Gasteiger partial charge in [0.05, 0.1) is 5.75 Å².